The van der Waals surface area contributed by atoms with Crippen LogP contribution >= 0.6 is 11.3 Å². The van der Waals surface area contributed by atoms with E-state index in [4.69, 9.17) is 0 Å². The first kappa shape index (κ1) is 29.0. The SMILES string of the molecule is CC1C=c2c(sc3ccccc23)=CC1N(c1ccc2c(ccc3ccccc32)c1)c1cccc2c1-c1ccccc1C21C2CC3CC(C2)CC1C3. The maximum absolute atomic E-state index is 2.74. The van der Waals surface area contributed by atoms with Crippen molar-refractivity contribution < 1.29 is 0 Å². The van der Waals surface area contributed by atoms with Crippen molar-refractivity contribution in [2.45, 2.75) is 50.5 Å². The smallest absolute Gasteiger partial charge is 0.0599 e. The van der Waals surface area contributed by atoms with Crippen molar-refractivity contribution >= 4 is 66.5 Å². The average molecular weight is 676 g/mol. The Balaban J connectivity index is 1.12. The van der Waals surface area contributed by atoms with Crippen molar-refractivity contribution in [3.63, 3.8) is 0 Å². The number of fused-ring (bicyclic) bond motifs is 9. The van der Waals surface area contributed by atoms with E-state index >= 15 is 0 Å². The van der Waals surface area contributed by atoms with E-state index in [1.54, 1.807) is 11.1 Å². The van der Waals surface area contributed by atoms with E-state index in [1.807, 2.05) is 11.3 Å². The van der Waals surface area contributed by atoms with E-state index in [0.29, 0.717) is 5.92 Å². The molecule has 1 heterocycles. The van der Waals surface area contributed by atoms with Gasteiger partial charge in [0.25, 0.3) is 0 Å². The van der Waals surface area contributed by atoms with Gasteiger partial charge in [0.1, 0.15) is 0 Å². The third-order valence-electron chi connectivity index (χ3n) is 14.1. The Morgan fingerprint density at radius 1 is 0.608 bits per heavy atom. The van der Waals surface area contributed by atoms with E-state index in [2.05, 4.69) is 145 Å². The zero-order valence-corrected chi connectivity index (χ0v) is 29.9. The predicted octanol–water partition coefficient (Wildman–Crippen LogP) is 11.3. The summed E-state index contributed by atoms with van der Waals surface area (Å²) in [6.45, 7) is 2.44. The van der Waals surface area contributed by atoms with E-state index in [1.165, 1.54) is 96.0 Å². The van der Waals surface area contributed by atoms with Gasteiger partial charge in [0, 0.05) is 31.6 Å². The molecule has 2 heteroatoms. The predicted molar refractivity (Wildman–Crippen MR) is 216 cm³/mol. The molecule has 0 aliphatic heterocycles. The summed E-state index contributed by atoms with van der Waals surface area (Å²) >= 11 is 1.95. The van der Waals surface area contributed by atoms with Gasteiger partial charge in [-0.15, -0.1) is 11.3 Å². The first-order valence-electron chi connectivity index (χ1n) is 19.3. The molecule has 4 saturated carbocycles. The molecule has 13 rings (SSSR count). The van der Waals surface area contributed by atoms with Gasteiger partial charge in [0.15, 0.2) is 0 Å². The van der Waals surface area contributed by atoms with Crippen LogP contribution in [-0.4, -0.2) is 6.04 Å². The number of thiophene rings is 1. The lowest BCUT2D eigenvalue weighted by Gasteiger charge is -2.61. The number of hydrogen-bond acceptors (Lipinski definition) is 2. The van der Waals surface area contributed by atoms with E-state index in [0.717, 1.165) is 23.7 Å². The number of rotatable bonds is 3. The fourth-order valence-electron chi connectivity index (χ4n) is 12.4. The highest BCUT2D eigenvalue weighted by Crippen LogP contribution is 2.70. The standard InChI is InChI=1S/C49H41NS/c1-29-21-41-39-11-5-7-16-46(39)51-47(41)28-45(29)50(36-19-20-38-33(27-36)18-17-32-9-2-3-10-37(32)38)44-15-8-14-43-48(44)40-12-4-6-13-42(40)49(43)34-23-30-22-31(25-34)26-35(49)24-30/h2-21,27-31,34-35,45H,22-26H2,1H3. The summed E-state index contributed by atoms with van der Waals surface area (Å²) in [5.41, 5.74) is 9.05. The molecule has 4 fully saturated rings. The van der Waals surface area contributed by atoms with Gasteiger partial charge in [-0.1, -0.05) is 110 Å². The van der Waals surface area contributed by atoms with Gasteiger partial charge in [0.2, 0.25) is 0 Å². The molecule has 6 aliphatic carbocycles. The third-order valence-corrected chi connectivity index (χ3v) is 15.2. The monoisotopic (exact) mass is 675 g/mol. The van der Waals surface area contributed by atoms with Crippen molar-refractivity contribution in [1.29, 1.82) is 0 Å². The van der Waals surface area contributed by atoms with Crippen LogP contribution in [0, 0.1) is 29.6 Å². The molecule has 6 aliphatic rings. The van der Waals surface area contributed by atoms with Crippen LogP contribution in [0.5, 0.6) is 0 Å². The molecular weight excluding hydrogens is 635 g/mol. The van der Waals surface area contributed by atoms with Crippen LogP contribution in [0.3, 0.4) is 0 Å². The molecule has 4 bridgehead atoms. The number of anilines is 2. The molecule has 0 amide bonds. The van der Waals surface area contributed by atoms with E-state index in [9.17, 15) is 0 Å². The van der Waals surface area contributed by atoms with Gasteiger partial charge in [-0.25, -0.2) is 0 Å². The van der Waals surface area contributed by atoms with Crippen LogP contribution in [0.4, 0.5) is 11.4 Å². The summed E-state index contributed by atoms with van der Waals surface area (Å²) in [7, 11) is 0. The molecule has 1 spiro atoms. The minimum atomic E-state index is 0.149. The van der Waals surface area contributed by atoms with Crippen LogP contribution in [0.15, 0.2) is 121 Å². The molecule has 2 atom stereocenters. The van der Waals surface area contributed by atoms with Crippen molar-refractivity contribution in [1.82, 2.24) is 0 Å². The second-order valence-corrected chi connectivity index (χ2v) is 17.6. The summed E-state index contributed by atoms with van der Waals surface area (Å²) in [5.74, 6) is 3.70. The number of benzene rings is 6. The van der Waals surface area contributed by atoms with Gasteiger partial charge in [-0.2, -0.15) is 0 Å². The topological polar surface area (TPSA) is 3.24 Å². The normalized spacial score (nSPS) is 28.1. The highest BCUT2D eigenvalue weighted by atomic mass is 32.1. The molecule has 6 aromatic carbocycles. The highest BCUT2D eigenvalue weighted by molar-refractivity contribution is 7.17. The number of hydrogen-bond donors (Lipinski definition) is 0. The Morgan fingerprint density at radius 2 is 1.31 bits per heavy atom. The minimum absolute atomic E-state index is 0.149. The summed E-state index contributed by atoms with van der Waals surface area (Å²) in [6, 6.07) is 46.9. The first-order valence-corrected chi connectivity index (χ1v) is 20.1. The Morgan fingerprint density at radius 3 is 2.18 bits per heavy atom. The van der Waals surface area contributed by atoms with Crippen molar-refractivity contribution in [2.75, 3.05) is 4.90 Å². The largest absolute Gasteiger partial charge is 0.333 e. The molecular formula is C49H41NS. The van der Waals surface area contributed by atoms with Gasteiger partial charge < -0.3 is 4.90 Å². The van der Waals surface area contributed by atoms with Crippen LogP contribution < -0.4 is 14.7 Å². The Bertz CT molecular complexity index is 2690. The Labute approximate surface area is 303 Å². The van der Waals surface area contributed by atoms with Crippen LogP contribution in [-0.2, 0) is 5.41 Å². The quantitative estimate of drug-likeness (QED) is 0.169. The lowest BCUT2D eigenvalue weighted by Crippen LogP contribution is -2.55. The molecule has 51 heavy (non-hydrogen) atoms. The zero-order chi connectivity index (χ0) is 33.4. The Kier molecular flexibility index (Phi) is 5.94. The third kappa shape index (κ3) is 3.87. The molecule has 0 saturated heterocycles. The van der Waals surface area contributed by atoms with Crippen LogP contribution in [0.2, 0.25) is 0 Å². The molecule has 0 N–H and O–H groups in total. The summed E-state index contributed by atoms with van der Waals surface area (Å²) in [5, 5.41) is 8.06. The maximum Gasteiger partial charge on any atom is 0.0599 e. The van der Waals surface area contributed by atoms with Gasteiger partial charge in [-0.05, 0) is 141 Å². The Hall–Kier alpha value is -4.66. The highest BCUT2D eigenvalue weighted by Gasteiger charge is 2.62. The minimum Gasteiger partial charge on any atom is -0.333 e. The molecule has 1 nitrogen and oxygen atoms in total. The van der Waals surface area contributed by atoms with Crippen molar-refractivity contribution in [2.24, 2.45) is 29.6 Å². The van der Waals surface area contributed by atoms with E-state index in [-0.39, 0.29) is 11.5 Å². The van der Waals surface area contributed by atoms with Crippen molar-refractivity contribution in [3.8, 4) is 11.1 Å². The molecule has 7 aromatic rings. The maximum atomic E-state index is 2.74. The van der Waals surface area contributed by atoms with Gasteiger partial charge in [-0.3, -0.25) is 0 Å². The second-order valence-electron chi connectivity index (χ2n) is 16.5. The average Bonchev–Trinajstić information content (AvgIpc) is 3.67. The summed E-state index contributed by atoms with van der Waals surface area (Å²) in [4.78, 5) is 2.74. The van der Waals surface area contributed by atoms with E-state index < -0.39 is 0 Å². The van der Waals surface area contributed by atoms with Crippen LogP contribution in [0.25, 0.3) is 54.9 Å². The lowest BCUT2D eigenvalue weighted by atomic mass is 9.43. The second kappa shape index (κ2) is 10.5. The first-order chi connectivity index (χ1) is 25.1. The summed E-state index contributed by atoms with van der Waals surface area (Å²) < 4.78 is 2.78. The summed E-state index contributed by atoms with van der Waals surface area (Å²) in [6.07, 6.45) is 12.3. The molecule has 248 valence electrons. The zero-order valence-electron chi connectivity index (χ0n) is 29.1. The fraction of sp³-hybridized carbons (Fsp3) is 0.265. The van der Waals surface area contributed by atoms with Gasteiger partial charge in [0.05, 0.1) is 6.04 Å². The molecule has 0 radical (unpaired) electrons. The fourth-order valence-corrected chi connectivity index (χ4v) is 13.5. The molecule has 1 aromatic heterocycles. The van der Waals surface area contributed by atoms with Crippen LogP contribution in [0.1, 0.15) is 50.2 Å². The lowest BCUT2D eigenvalue weighted by molar-refractivity contribution is -0.0399. The number of nitrogens with zero attached hydrogens (tertiary/aromatic N) is 1. The molecule has 2 unspecified atom stereocenters. The van der Waals surface area contributed by atoms with Gasteiger partial charge >= 0.3 is 0 Å². The van der Waals surface area contributed by atoms with Crippen molar-refractivity contribution in [3.05, 3.63) is 142 Å².